The van der Waals surface area contributed by atoms with Gasteiger partial charge in [0, 0.05) is 40.7 Å². The lowest BCUT2D eigenvalue weighted by atomic mass is 9.76. The average molecular weight is 579 g/mol. The van der Waals surface area contributed by atoms with Gasteiger partial charge in [-0.1, -0.05) is 118 Å². The quantitative estimate of drug-likeness (QED) is 0.173. The fourth-order valence-corrected chi connectivity index (χ4v) is 7.18. The minimum atomic E-state index is -0.284. The van der Waals surface area contributed by atoms with Crippen molar-refractivity contribution in [1.29, 1.82) is 0 Å². The highest BCUT2D eigenvalue weighted by atomic mass is 16.1. The van der Waals surface area contributed by atoms with Crippen molar-refractivity contribution in [3.8, 4) is 11.1 Å². The second-order valence-electron chi connectivity index (χ2n) is 12.0. The zero-order chi connectivity index (χ0) is 30.2. The number of para-hydroxylation sites is 1. The molecule has 2 atom stereocenters. The third-order valence-electron chi connectivity index (χ3n) is 9.35. The predicted octanol–water partition coefficient (Wildman–Crippen LogP) is 9.06. The summed E-state index contributed by atoms with van der Waals surface area (Å²) in [6.07, 6.45) is 10.3. The molecular weight excluding hydrogens is 540 g/mol. The Labute approximate surface area is 259 Å². The molecule has 2 unspecified atom stereocenters. The average Bonchev–Trinajstić information content (AvgIpc) is 3.08. The summed E-state index contributed by atoms with van der Waals surface area (Å²) < 4.78 is 2.31. The molecule has 220 valence electrons. The van der Waals surface area contributed by atoms with Crippen molar-refractivity contribution in [3.05, 3.63) is 131 Å². The number of anilines is 1. The molecule has 2 heterocycles. The number of unbranched alkanes of at least 4 members (excludes halogenated alkanes) is 2. The lowest BCUT2D eigenvalue weighted by molar-refractivity contribution is 0.0930. The van der Waals surface area contributed by atoms with E-state index < -0.39 is 0 Å². The van der Waals surface area contributed by atoms with Crippen molar-refractivity contribution >= 4 is 38.8 Å². The highest BCUT2D eigenvalue weighted by molar-refractivity contribution is 6.12. The van der Waals surface area contributed by atoms with E-state index in [-0.39, 0.29) is 23.2 Å². The number of aryl methyl sites for hydroxylation is 1. The van der Waals surface area contributed by atoms with Crippen molar-refractivity contribution in [2.24, 2.45) is 5.92 Å². The molecule has 1 aliphatic heterocycles. The van der Waals surface area contributed by atoms with Gasteiger partial charge >= 0.3 is 0 Å². The van der Waals surface area contributed by atoms with Gasteiger partial charge in [0.1, 0.15) is 0 Å². The Bertz CT molecular complexity index is 1990. The first-order valence-electron chi connectivity index (χ1n) is 16.1. The van der Waals surface area contributed by atoms with Crippen LogP contribution in [-0.4, -0.2) is 22.9 Å². The van der Waals surface area contributed by atoms with E-state index in [0.717, 1.165) is 88.7 Å². The number of benzene rings is 4. The van der Waals surface area contributed by atoms with Gasteiger partial charge in [0.15, 0.2) is 11.2 Å². The second-order valence-corrected chi connectivity index (χ2v) is 12.0. The van der Waals surface area contributed by atoms with Gasteiger partial charge in [-0.2, -0.15) is 0 Å². The van der Waals surface area contributed by atoms with E-state index in [1.165, 1.54) is 0 Å². The lowest BCUT2D eigenvalue weighted by Crippen LogP contribution is -2.49. The number of nitrogens with zero attached hydrogens (tertiary/aromatic N) is 2. The third kappa shape index (κ3) is 4.61. The van der Waals surface area contributed by atoms with Crippen LogP contribution in [0.1, 0.15) is 55.5 Å². The van der Waals surface area contributed by atoms with E-state index in [0.29, 0.717) is 5.39 Å². The van der Waals surface area contributed by atoms with Crippen molar-refractivity contribution in [2.45, 2.75) is 52.1 Å². The Morgan fingerprint density at radius 2 is 1.41 bits per heavy atom. The summed E-state index contributed by atoms with van der Waals surface area (Å²) in [5.74, 6) is -0.156. The monoisotopic (exact) mass is 578 g/mol. The molecule has 44 heavy (non-hydrogen) atoms. The van der Waals surface area contributed by atoms with Crippen LogP contribution in [0, 0.1) is 5.92 Å². The highest BCUT2D eigenvalue weighted by Crippen LogP contribution is 2.44. The molecule has 0 N–H and O–H groups in total. The number of allylic oxidation sites excluding steroid dienone is 2. The van der Waals surface area contributed by atoms with Crippen LogP contribution in [0.3, 0.4) is 0 Å². The SMILES string of the molecule is CCCCN1c2cc3c(=O)c4cccc(-c5ccccc5)c4n(CCCC)c3cc2C(=O)C2C=CC=C(c3ccccc3)C21. The van der Waals surface area contributed by atoms with Crippen LogP contribution in [0.15, 0.2) is 114 Å². The summed E-state index contributed by atoms with van der Waals surface area (Å²) in [6, 6.07) is 30.7. The van der Waals surface area contributed by atoms with E-state index in [2.05, 4.69) is 77.9 Å². The third-order valence-corrected chi connectivity index (χ3v) is 9.35. The molecule has 0 saturated heterocycles. The van der Waals surface area contributed by atoms with Crippen molar-refractivity contribution in [3.63, 3.8) is 0 Å². The normalized spacial score (nSPS) is 17.5. The zero-order valence-electron chi connectivity index (χ0n) is 25.5. The molecule has 5 aromatic rings. The summed E-state index contributed by atoms with van der Waals surface area (Å²) in [5, 5.41) is 1.41. The minimum absolute atomic E-state index is 0.0238. The Morgan fingerprint density at radius 1 is 0.705 bits per heavy atom. The van der Waals surface area contributed by atoms with Gasteiger partial charge in [-0.3, -0.25) is 9.59 Å². The molecular formula is C40H38N2O2. The number of fused-ring (bicyclic) bond motifs is 4. The molecule has 7 rings (SSSR count). The van der Waals surface area contributed by atoms with Crippen LogP contribution in [0.2, 0.25) is 0 Å². The molecule has 0 fully saturated rings. The van der Waals surface area contributed by atoms with Crippen molar-refractivity contribution < 1.29 is 4.79 Å². The molecule has 1 aromatic heterocycles. The summed E-state index contributed by atoms with van der Waals surface area (Å²) in [5.41, 5.74) is 7.82. The Kier molecular flexibility index (Phi) is 7.51. The maximum absolute atomic E-state index is 14.5. The Hall–Kier alpha value is -4.70. The Morgan fingerprint density at radius 3 is 2.14 bits per heavy atom. The fraction of sp³-hybridized carbons (Fsp3) is 0.250. The van der Waals surface area contributed by atoms with Crippen LogP contribution in [0.5, 0.6) is 0 Å². The second kappa shape index (κ2) is 11.8. The first kappa shape index (κ1) is 28.1. The van der Waals surface area contributed by atoms with E-state index >= 15 is 0 Å². The van der Waals surface area contributed by atoms with E-state index in [9.17, 15) is 9.59 Å². The zero-order valence-corrected chi connectivity index (χ0v) is 25.5. The van der Waals surface area contributed by atoms with Gasteiger partial charge in [0.05, 0.1) is 23.0 Å². The Balaban J connectivity index is 1.51. The largest absolute Gasteiger partial charge is 0.363 e. The van der Waals surface area contributed by atoms with Crippen LogP contribution < -0.4 is 10.3 Å². The number of rotatable bonds is 8. The van der Waals surface area contributed by atoms with Gasteiger partial charge in [0.2, 0.25) is 0 Å². The van der Waals surface area contributed by atoms with Crippen molar-refractivity contribution in [2.75, 3.05) is 11.4 Å². The standard InChI is InChI=1S/C40H38N2O2/c1-3-5-23-41-35-25-34-36(26-33(35)39(43)31-21-13-19-29(37(31)41)27-15-9-7-10-16-27)42(24-6-4-2)38-30(28-17-11-8-12-18-28)20-14-22-32(38)40(34)44/h7-22,25-26,31,37H,3-6,23-24H2,1-2H3. The van der Waals surface area contributed by atoms with Gasteiger partial charge in [-0.25, -0.2) is 0 Å². The minimum Gasteiger partial charge on any atom is -0.363 e. The van der Waals surface area contributed by atoms with E-state index in [1.54, 1.807) is 0 Å². The number of carbonyl (C=O) groups is 1. The number of carbonyl (C=O) groups excluding carboxylic acids is 1. The van der Waals surface area contributed by atoms with Crippen LogP contribution in [0.25, 0.3) is 38.5 Å². The van der Waals surface area contributed by atoms with Gasteiger partial charge < -0.3 is 9.47 Å². The fourth-order valence-electron chi connectivity index (χ4n) is 7.18. The molecule has 2 aliphatic rings. The van der Waals surface area contributed by atoms with Gasteiger partial charge in [-0.05, 0) is 47.7 Å². The molecule has 0 spiro atoms. The smallest absolute Gasteiger partial charge is 0.197 e. The van der Waals surface area contributed by atoms with Crippen molar-refractivity contribution in [1.82, 2.24) is 4.57 Å². The molecule has 0 saturated carbocycles. The summed E-state index contributed by atoms with van der Waals surface area (Å²) in [7, 11) is 0. The maximum Gasteiger partial charge on any atom is 0.197 e. The number of ketones is 1. The molecule has 0 amide bonds. The van der Waals surface area contributed by atoms with Gasteiger partial charge in [-0.15, -0.1) is 0 Å². The first-order chi connectivity index (χ1) is 21.6. The molecule has 4 aromatic carbocycles. The molecule has 1 aliphatic carbocycles. The van der Waals surface area contributed by atoms with E-state index in [1.807, 2.05) is 54.6 Å². The summed E-state index contributed by atoms with van der Waals surface area (Å²) in [6.45, 7) is 5.98. The van der Waals surface area contributed by atoms with Gasteiger partial charge in [0.25, 0.3) is 0 Å². The van der Waals surface area contributed by atoms with Crippen LogP contribution >= 0.6 is 0 Å². The number of pyridine rings is 1. The first-order valence-corrected chi connectivity index (χ1v) is 16.1. The van der Waals surface area contributed by atoms with Crippen LogP contribution in [0.4, 0.5) is 5.69 Å². The highest BCUT2D eigenvalue weighted by Gasteiger charge is 2.42. The number of aromatic nitrogens is 1. The van der Waals surface area contributed by atoms with Crippen LogP contribution in [-0.2, 0) is 6.54 Å². The molecule has 4 heteroatoms. The maximum atomic E-state index is 14.5. The number of Topliss-reactive ketones (excluding diaryl/α,β-unsaturated/α-hetero) is 1. The molecule has 0 radical (unpaired) electrons. The predicted molar refractivity (Wildman–Crippen MR) is 183 cm³/mol. The summed E-state index contributed by atoms with van der Waals surface area (Å²) >= 11 is 0. The van der Waals surface area contributed by atoms with E-state index in [4.69, 9.17) is 0 Å². The number of hydrogen-bond donors (Lipinski definition) is 0. The molecule has 4 nitrogen and oxygen atoms in total. The number of hydrogen-bond acceptors (Lipinski definition) is 3. The topological polar surface area (TPSA) is 42.3 Å². The summed E-state index contributed by atoms with van der Waals surface area (Å²) in [4.78, 5) is 31.3. The lowest BCUT2D eigenvalue weighted by Gasteiger charge is -2.44. The molecule has 0 bridgehead atoms.